The Bertz CT molecular complexity index is 1340. The molecule has 1 aliphatic heterocycles. The highest BCUT2D eigenvalue weighted by molar-refractivity contribution is 5.95. The molecule has 38 heavy (non-hydrogen) atoms. The van der Waals surface area contributed by atoms with Crippen molar-refractivity contribution in [1.29, 1.82) is 0 Å². The van der Waals surface area contributed by atoms with Crippen molar-refractivity contribution in [3.8, 4) is 5.75 Å². The first kappa shape index (κ1) is 25.9. The van der Waals surface area contributed by atoms with Gasteiger partial charge in [-0.05, 0) is 68.0 Å². The molecule has 1 N–H and O–H groups in total. The second kappa shape index (κ2) is 9.85. The molecule has 2 aromatic heterocycles. The fourth-order valence-corrected chi connectivity index (χ4v) is 4.76. The molecule has 6 nitrogen and oxygen atoms in total. The van der Waals surface area contributed by atoms with Gasteiger partial charge in [-0.3, -0.25) is 4.79 Å². The summed E-state index contributed by atoms with van der Waals surface area (Å²) in [5.41, 5.74) is 0.00353. The van der Waals surface area contributed by atoms with Gasteiger partial charge in [0.15, 0.2) is 11.4 Å². The molecule has 1 spiro atoms. The molecule has 1 saturated heterocycles. The number of anilines is 1. The number of amides is 1. The van der Waals surface area contributed by atoms with E-state index >= 15 is 0 Å². The molecule has 1 amide bonds. The van der Waals surface area contributed by atoms with Gasteiger partial charge >= 0.3 is 6.18 Å². The Balaban J connectivity index is 1.32. The summed E-state index contributed by atoms with van der Waals surface area (Å²) in [5, 5.41) is 3.05. The highest BCUT2D eigenvalue weighted by atomic mass is 19.4. The standard InChI is InChI=1S/C27H25F5N4O2/c1-16-2-6-22(38-14-17-3-5-19(28)10-21(17)29)24(35-16)25(37)36-15-26(8-9-26)11-20(36)13-34-23-7-4-18(12-33-23)27(30,31)32/h2-7,10,12,20H,8-9,11,13-15H2,1H3,(H,33,34)/t20-/m0/s1. The Labute approximate surface area is 215 Å². The van der Waals surface area contributed by atoms with E-state index in [1.165, 1.54) is 12.1 Å². The number of hydrogen-bond acceptors (Lipinski definition) is 5. The molecule has 11 heteroatoms. The average molecular weight is 533 g/mol. The summed E-state index contributed by atoms with van der Waals surface area (Å²) < 4.78 is 71.6. The maximum Gasteiger partial charge on any atom is 0.417 e. The van der Waals surface area contributed by atoms with Crippen molar-refractivity contribution in [2.75, 3.05) is 18.4 Å². The van der Waals surface area contributed by atoms with E-state index in [-0.39, 0.29) is 46.8 Å². The van der Waals surface area contributed by atoms with E-state index < -0.39 is 23.4 Å². The molecule has 0 bridgehead atoms. The fraction of sp³-hybridized carbons (Fsp3) is 0.370. The van der Waals surface area contributed by atoms with Crippen LogP contribution in [0.2, 0.25) is 0 Å². The largest absolute Gasteiger partial charge is 0.486 e. The van der Waals surface area contributed by atoms with Crippen molar-refractivity contribution in [3.05, 3.63) is 82.8 Å². The molecule has 2 aliphatic rings. The number of halogens is 5. The summed E-state index contributed by atoms with van der Waals surface area (Å²) in [4.78, 5) is 23.7. The summed E-state index contributed by atoms with van der Waals surface area (Å²) in [6.45, 7) is 2.35. The summed E-state index contributed by atoms with van der Waals surface area (Å²) in [6.07, 6.45) is -0.982. The summed E-state index contributed by atoms with van der Waals surface area (Å²) in [7, 11) is 0. The molecular weight excluding hydrogens is 507 g/mol. The van der Waals surface area contributed by atoms with Gasteiger partial charge in [-0.1, -0.05) is 0 Å². The number of nitrogens with one attached hydrogen (secondary N) is 1. The molecule has 0 radical (unpaired) electrons. The van der Waals surface area contributed by atoms with Crippen LogP contribution in [-0.2, 0) is 12.8 Å². The van der Waals surface area contributed by atoms with Crippen molar-refractivity contribution in [2.24, 2.45) is 5.41 Å². The fourth-order valence-electron chi connectivity index (χ4n) is 4.76. The van der Waals surface area contributed by atoms with Crippen LogP contribution in [-0.4, -0.2) is 39.9 Å². The Morgan fingerprint density at radius 2 is 1.95 bits per heavy atom. The topological polar surface area (TPSA) is 67.3 Å². The third-order valence-corrected chi connectivity index (χ3v) is 7.04. The Morgan fingerprint density at radius 1 is 1.16 bits per heavy atom. The summed E-state index contributed by atoms with van der Waals surface area (Å²) in [5.74, 6) is -1.35. The molecule has 200 valence electrons. The summed E-state index contributed by atoms with van der Waals surface area (Å²) >= 11 is 0. The van der Waals surface area contributed by atoms with Crippen molar-refractivity contribution >= 4 is 11.7 Å². The molecule has 1 saturated carbocycles. The van der Waals surface area contributed by atoms with Crippen LogP contribution in [0.4, 0.5) is 27.8 Å². The van der Waals surface area contributed by atoms with Crippen molar-refractivity contribution in [3.63, 3.8) is 0 Å². The van der Waals surface area contributed by atoms with Crippen LogP contribution in [0, 0.1) is 24.0 Å². The highest BCUT2D eigenvalue weighted by Crippen LogP contribution is 2.55. The van der Waals surface area contributed by atoms with Gasteiger partial charge in [0.05, 0.1) is 5.56 Å². The molecule has 3 aromatic rings. The Kier molecular flexibility index (Phi) is 6.70. The number of ether oxygens (including phenoxy) is 1. The van der Waals surface area contributed by atoms with Gasteiger partial charge in [-0.25, -0.2) is 18.7 Å². The molecular formula is C27H25F5N4O2. The number of pyridine rings is 2. The van der Waals surface area contributed by atoms with Crippen LogP contribution in [0.3, 0.4) is 0 Å². The lowest BCUT2D eigenvalue weighted by Gasteiger charge is -2.26. The van der Waals surface area contributed by atoms with E-state index in [0.29, 0.717) is 18.8 Å². The van der Waals surface area contributed by atoms with Gasteiger partial charge in [0, 0.05) is 42.7 Å². The number of benzene rings is 1. The van der Waals surface area contributed by atoms with E-state index in [4.69, 9.17) is 4.74 Å². The molecule has 1 aliphatic carbocycles. The van der Waals surface area contributed by atoms with Gasteiger partial charge in [-0.2, -0.15) is 13.2 Å². The molecule has 0 unspecified atom stereocenters. The van der Waals surface area contributed by atoms with Crippen LogP contribution < -0.4 is 10.1 Å². The number of aryl methyl sites for hydroxylation is 1. The average Bonchev–Trinajstić information content (AvgIpc) is 3.53. The maximum atomic E-state index is 14.1. The molecule has 1 atom stereocenters. The third kappa shape index (κ3) is 5.56. The number of carbonyl (C=O) groups excluding carboxylic acids is 1. The molecule has 1 aromatic carbocycles. The third-order valence-electron chi connectivity index (χ3n) is 7.04. The first-order valence-electron chi connectivity index (χ1n) is 12.2. The first-order chi connectivity index (χ1) is 18.0. The number of likely N-dealkylation sites (tertiary alicyclic amines) is 1. The van der Waals surface area contributed by atoms with E-state index in [2.05, 4.69) is 15.3 Å². The number of carbonyl (C=O) groups is 1. The van der Waals surface area contributed by atoms with Crippen molar-refractivity contribution < 1.29 is 31.5 Å². The molecule has 5 rings (SSSR count). The monoisotopic (exact) mass is 532 g/mol. The number of hydrogen-bond donors (Lipinski definition) is 1. The number of aromatic nitrogens is 2. The Morgan fingerprint density at radius 3 is 2.61 bits per heavy atom. The van der Waals surface area contributed by atoms with Crippen LogP contribution in [0.5, 0.6) is 5.75 Å². The molecule has 2 fully saturated rings. The van der Waals surface area contributed by atoms with Gasteiger partial charge < -0.3 is 15.0 Å². The van der Waals surface area contributed by atoms with Crippen LogP contribution in [0.15, 0.2) is 48.7 Å². The van der Waals surface area contributed by atoms with Crippen molar-refractivity contribution in [1.82, 2.24) is 14.9 Å². The van der Waals surface area contributed by atoms with E-state index in [1.54, 1.807) is 24.0 Å². The summed E-state index contributed by atoms with van der Waals surface area (Å²) in [6, 6.07) is 8.43. The minimum atomic E-state index is -4.47. The van der Waals surface area contributed by atoms with Crippen molar-refractivity contribution in [2.45, 2.75) is 45.0 Å². The smallest absolute Gasteiger partial charge is 0.417 e. The zero-order chi connectivity index (χ0) is 27.1. The van der Waals surface area contributed by atoms with E-state index in [9.17, 15) is 26.7 Å². The van der Waals surface area contributed by atoms with Crippen LogP contribution >= 0.6 is 0 Å². The van der Waals surface area contributed by atoms with Gasteiger partial charge in [0.25, 0.3) is 5.91 Å². The SMILES string of the molecule is Cc1ccc(OCc2ccc(F)cc2F)c(C(=O)N2CC3(CC3)C[C@H]2CNc2ccc(C(F)(F)F)cn2)n1. The zero-order valence-electron chi connectivity index (χ0n) is 20.5. The Hall–Kier alpha value is -3.76. The minimum Gasteiger partial charge on any atom is -0.486 e. The first-order valence-corrected chi connectivity index (χ1v) is 12.2. The maximum absolute atomic E-state index is 14.1. The number of nitrogens with zero attached hydrogens (tertiary/aromatic N) is 3. The van der Waals surface area contributed by atoms with Gasteiger partial charge in [0.2, 0.25) is 0 Å². The normalized spacial score (nSPS) is 18.1. The predicted octanol–water partition coefficient (Wildman–Crippen LogP) is 5.77. The lowest BCUT2D eigenvalue weighted by molar-refractivity contribution is -0.137. The highest BCUT2D eigenvalue weighted by Gasteiger charge is 2.53. The predicted molar refractivity (Wildman–Crippen MR) is 129 cm³/mol. The van der Waals surface area contributed by atoms with E-state index in [1.807, 2.05) is 0 Å². The van der Waals surface area contributed by atoms with Crippen LogP contribution in [0.1, 0.15) is 46.6 Å². The number of rotatable bonds is 7. The van der Waals surface area contributed by atoms with Crippen LogP contribution in [0.25, 0.3) is 0 Å². The lowest BCUT2D eigenvalue weighted by Crippen LogP contribution is -2.40. The second-order valence-electron chi connectivity index (χ2n) is 9.93. The number of alkyl halides is 3. The lowest BCUT2D eigenvalue weighted by atomic mass is 10.0. The molecule has 3 heterocycles. The van der Waals surface area contributed by atoms with Gasteiger partial charge in [0.1, 0.15) is 24.1 Å². The van der Waals surface area contributed by atoms with E-state index in [0.717, 1.165) is 43.7 Å². The zero-order valence-corrected chi connectivity index (χ0v) is 20.5. The second-order valence-corrected chi connectivity index (χ2v) is 9.93. The van der Waals surface area contributed by atoms with Gasteiger partial charge in [-0.15, -0.1) is 0 Å². The minimum absolute atomic E-state index is 0.0255. The quantitative estimate of drug-likeness (QED) is 0.392.